The maximum Gasteiger partial charge on any atom is 0.418 e. The molecule has 0 aromatic carbocycles. The topological polar surface area (TPSA) is 101 Å². The number of anilines is 2. The van der Waals surface area contributed by atoms with Gasteiger partial charge in [-0.15, -0.1) is 0 Å². The summed E-state index contributed by atoms with van der Waals surface area (Å²) in [4.78, 5) is 17.9. The number of nitrogen functional groups attached to an aromatic ring is 1. The van der Waals surface area contributed by atoms with Gasteiger partial charge in [0.25, 0.3) is 0 Å². The van der Waals surface area contributed by atoms with Gasteiger partial charge in [-0.1, -0.05) is 0 Å². The highest BCUT2D eigenvalue weighted by atomic mass is 19.4. The fourth-order valence-corrected chi connectivity index (χ4v) is 3.68. The Labute approximate surface area is 162 Å². The number of nitrogens with zero attached hydrogens (tertiary/aromatic N) is 6. The molecule has 11 heteroatoms. The molecule has 0 aliphatic carbocycles. The average Bonchev–Trinajstić information content (AvgIpc) is 3.33. The monoisotopic (exact) mass is 400 g/mol. The number of imidazole rings is 1. The summed E-state index contributed by atoms with van der Waals surface area (Å²) in [5.41, 5.74) is 7.37. The second kappa shape index (κ2) is 6.19. The zero-order chi connectivity index (χ0) is 20.2. The number of nitrogens with one attached hydrogen (secondary N) is 1. The smallest absolute Gasteiger partial charge is 0.396 e. The lowest BCUT2D eigenvalue weighted by Gasteiger charge is -2.33. The van der Waals surface area contributed by atoms with Gasteiger partial charge in [-0.3, -0.25) is 0 Å². The number of hydrogen-bond acceptors (Lipinski definition) is 6. The van der Waals surface area contributed by atoms with E-state index in [-0.39, 0.29) is 5.52 Å². The number of rotatable bonds is 2. The van der Waals surface area contributed by atoms with Crippen LogP contribution >= 0.6 is 0 Å². The zero-order valence-electron chi connectivity index (χ0n) is 14.9. The van der Waals surface area contributed by atoms with Crippen molar-refractivity contribution in [1.29, 1.82) is 0 Å². The van der Waals surface area contributed by atoms with Crippen molar-refractivity contribution in [3.05, 3.63) is 65.8 Å². The summed E-state index contributed by atoms with van der Waals surface area (Å²) >= 11 is 0. The van der Waals surface area contributed by atoms with Gasteiger partial charge in [0, 0.05) is 24.9 Å². The van der Waals surface area contributed by atoms with Gasteiger partial charge < -0.3 is 15.6 Å². The van der Waals surface area contributed by atoms with Crippen LogP contribution in [0.5, 0.6) is 0 Å². The van der Waals surface area contributed by atoms with Crippen LogP contribution in [0, 0.1) is 0 Å². The summed E-state index contributed by atoms with van der Waals surface area (Å²) in [6, 6.07) is 3.29. The van der Waals surface area contributed by atoms with Crippen molar-refractivity contribution in [2.45, 2.75) is 18.6 Å². The van der Waals surface area contributed by atoms with E-state index in [0.29, 0.717) is 36.0 Å². The van der Waals surface area contributed by atoms with E-state index in [1.807, 2.05) is 4.90 Å². The highest BCUT2D eigenvalue weighted by Crippen LogP contribution is 2.37. The predicted molar refractivity (Wildman–Crippen MR) is 98.1 cm³/mol. The molecule has 5 rings (SSSR count). The number of H-pyrrole nitrogens is 1. The Morgan fingerprint density at radius 2 is 1.97 bits per heavy atom. The van der Waals surface area contributed by atoms with Gasteiger partial charge in [-0.25, -0.2) is 19.5 Å². The van der Waals surface area contributed by atoms with Crippen LogP contribution in [0.3, 0.4) is 0 Å². The van der Waals surface area contributed by atoms with Crippen LogP contribution in [0.2, 0.25) is 0 Å². The molecule has 0 saturated heterocycles. The van der Waals surface area contributed by atoms with E-state index in [4.69, 9.17) is 5.73 Å². The number of pyridine rings is 1. The van der Waals surface area contributed by atoms with E-state index in [2.05, 4.69) is 25.0 Å². The highest BCUT2D eigenvalue weighted by Gasteiger charge is 2.37. The van der Waals surface area contributed by atoms with E-state index < -0.39 is 17.8 Å². The van der Waals surface area contributed by atoms with Gasteiger partial charge in [-0.05, 0) is 18.2 Å². The first-order chi connectivity index (χ1) is 13.9. The summed E-state index contributed by atoms with van der Waals surface area (Å²) < 4.78 is 41.5. The number of aromatic amines is 1. The maximum atomic E-state index is 13.4. The molecule has 1 aliphatic heterocycles. The molecule has 0 fully saturated rings. The van der Waals surface area contributed by atoms with E-state index in [1.54, 1.807) is 6.33 Å². The summed E-state index contributed by atoms with van der Waals surface area (Å²) in [5, 5.41) is 4.42. The maximum absolute atomic E-state index is 13.4. The Morgan fingerprint density at radius 1 is 1.17 bits per heavy atom. The molecule has 0 spiro atoms. The van der Waals surface area contributed by atoms with Crippen molar-refractivity contribution < 1.29 is 13.2 Å². The van der Waals surface area contributed by atoms with E-state index in [9.17, 15) is 13.2 Å². The largest absolute Gasteiger partial charge is 0.418 e. The molecule has 0 bridgehead atoms. The molecule has 4 aromatic heterocycles. The lowest BCUT2D eigenvalue weighted by atomic mass is 10.00. The Bertz CT molecular complexity index is 1180. The minimum Gasteiger partial charge on any atom is -0.396 e. The third kappa shape index (κ3) is 2.85. The van der Waals surface area contributed by atoms with Crippen LogP contribution in [0.15, 0.2) is 43.1 Å². The molecule has 1 atom stereocenters. The van der Waals surface area contributed by atoms with Crippen molar-refractivity contribution in [3.63, 3.8) is 0 Å². The van der Waals surface area contributed by atoms with Gasteiger partial charge in [0.05, 0.1) is 46.9 Å². The van der Waals surface area contributed by atoms with E-state index >= 15 is 0 Å². The number of aromatic nitrogens is 6. The summed E-state index contributed by atoms with van der Waals surface area (Å²) in [5.74, 6) is 0.408. The highest BCUT2D eigenvalue weighted by molar-refractivity contribution is 5.59. The molecule has 29 heavy (non-hydrogen) atoms. The Morgan fingerprint density at radius 3 is 2.72 bits per heavy atom. The third-order valence-corrected chi connectivity index (χ3v) is 4.95. The molecule has 1 aliphatic rings. The van der Waals surface area contributed by atoms with Crippen LogP contribution in [-0.4, -0.2) is 36.1 Å². The Kier molecular flexibility index (Phi) is 3.73. The van der Waals surface area contributed by atoms with Crippen LogP contribution in [0.25, 0.3) is 5.52 Å². The number of hydrogen-bond donors (Lipinski definition) is 2. The summed E-state index contributed by atoms with van der Waals surface area (Å²) in [6.45, 7) is 0.545. The molecule has 4 aromatic rings. The molecule has 3 N–H and O–H groups in total. The second-order valence-corrected chi connectivity index (χ2v) is 6.75. The lowest BCUT2D eigenvalue weighted by Crippen LogP contribution is -2.37. The Balaban J connectivity index is 1.68. The first-order valence-electron chi connectivity index (χ1n) is 8.83. The molecule has 0 radical (unpaired) electrons. The van der Waals surface area contributed by atoms with Crippen LogP contribution < -0.4 is 10.6 Å². The van der Waals surface area contributed by atoms with Gasteiger partial charge in [-0.2, -0.15) is 18.3 Å². The SMILES string of the molecule is Nc1cnc(N2CCc3[nH]cnc3C2c2cc3c(C(F)(F)F)cccn3n2)nc1. The van der Waals surface area contributed by atoms with Crippen LogP contribution in [0.4, 0.5) is 24.8 Å². The molecule has 1 unspecified atom stereocenters. The number of nitrogens with two attached hydrogens (primary N) is 1. The summed E-state index contributed by atoms with van der Waals surface area (Å²) in [6.07, 6.45) is 2.23. The van der Waals surface area contributed by atoms with Gasteiger partial charge in [0.2, 0.25) is 5.95 Å². The van der Waals surface area contributed by atoms with Crippen molar-refractivity contribution in [1.82, 2.24) is 29.5 Å². The van der Waals surface area contributed by atoms with Crippen LogP contribution in [0.1, 0.15) is 28.7 Å². The molecule has 0 saturated carbocycles. The number of halogens is 3. The van der Waals surface area contributed by atoms with Crippen molar-refractivity contribution in [3.8, 4) is 0 Å². The molecule has 148 valence electrons. The van der Waals surface area contributed by atoms with Crippen molar-refractivity contribution in [2.75, 3.05) is 17.2 Å². The predicted octanol–water partition coefficient (Wildman–Crippen LogP) is 2.60. The van der Waals surface area contributed by atoms with E-state index in [0.717, 1.165) is 11.8 Å². The minimum absolute atomic E-state index is 0.0177. The lowest BCUT2D eigenvalue weighted by molar-refractivity contribution is -0.136. The van der Waals surface area contributed by atoms with Gasteiger partial charge >= 0.3 is 6.18 Å². The first-order valence-corrected chi connectivity index (χ1v) is 8.83. The number of fused-ring (bicyclic) bond motifs is 2. The molecule has 8 nitrogen and oxygen atoms in total. The average molecular weight is 400 g/mol. The molecule has 5 heterocycles. The Hall–Kier alpha value is -3.63. The standard InChI is InChI=1S/C18H15F3N8/c19-18(20,21)11-2-1-4-29-14(11)6-13(27-29)16-15-12(25-9-26-15)3-5-28(16)17-23-7-10(22)8-24-17/h1-2,4,6-9,16H,3,5,22H2,(H,25,26). The molecular formula is C18H15F3N8. The minimum atomic E-state index is -4.48. The fraction of sp³-hybridized carbons (Fsp3) is 0.222. The first kappa shape index (κ1) is 17.5. The summed E-state index contributed by atoms with van der Waals surface area (Å²) in [7, 11) is 0. The van der Waals surface area contributed by atoms with E-state index in [1.165, 1.54) is 35.2 Å². The molecular weight excluding hydrogens is 385 g/mol. The van der Waals surface area contributed by atoms with Gasteiger partial charge in [0.15, 0.2) is 0 Å². The second-order valence-electron chi connectivity index (χ2n) is 6.75. The number of alkyl halides is 3. The van der Waals surface area contributed by atoms with Gasteiger partial charge in [0.1, 0.15) is 6.04 Å². The molecule has 0 amide bonds. The van der Waals surface area contributed by atoms with Crippen LogP contribution in [-0.2, 0) is 12.6 Å². The zero-order valence-corrected chi connectivity index (χ0v) is 14.9. The van der Waals surface area contributed by atoms with Crippen molar-refractivity contribution in [2.24, 2.45) is 0 Å². The van der Waals surface area contributed by atoms with Crippen molar-refractivity contribution >= 4 is 17.2 Å². The normalized spacial score (nSPS) is 16.9. The fourth-order valence-electron chi connectivity index (χ4n) is 3.68. The third-order valence-electron chi connectivity index (χ3n) is 4.95. The quantitative estimate of drug-likeness (QED) is 0.536.